The predicted molar refractivity (Wildman–Crippen MR) is 49.2 cm³/mol. The number of aliphatic hydroxyl groups excluding tert-OH is 1. The summed E-state index contributed by atoms with van der Waals surface area (Å²) >= 11 is 1.81. The van der Waals surface area contributed by atoms with E-state index in [9.17, 15) is 0 Å². The van der Waals surface area contributed by atoms with Gasteiger partial charge in [0.1, 0.15) is 0 Å². The molecule has 62 valence electrons. The number of hydrogen-bond donors (Lipinski definition) is 1. The van der Waals surface area contributed by atoms with E-state index >= 15 is 0 Å². The van der Waals surface area contributed by atoms with E-state index in [1.165, 1.54) is 9.75 Å². The summed E-state index contributed by atoms with van der Waals surface area (Å²) in [5.74, 6) is 0.618. The van der Waals surface area contributed by atoms with Crippen LogP contribution in [-0.2, 0) is 6.42 Å². The number of aliphatic hydroxyl groups is 1. The molecule has 0 aliphatic carbocycles. The average molecular weight is 170 g/mol. The van der Waals surface area contributed by atoms with E-state index in [2.05, 4.69) is 26.0 Å². The molecule has 0 saturated heterocycles. The fourth-order valence-corrected chi connectivity index (χ4v) is 1.95. The monoisotopic (exact) mass is 170 g/mol. The van der Waals surface area contributed by atoms with Gasteiger partial charge in [-0.25, -0.2) is 0 Å². The highest BCUT2D eigenvalue weighted by atomic mass is 32.1. The summed E-state index contributed by atoms with van der Waals surface area (Å²) in [6.07, 6.45) is 0.803. The van der Waals surface area contributed by atoms with Crippen molar-refractivity contribution in [3.8, 4) is 0 Å². The molecule has 1 aromatic rings. The summed E-state index contributed by atoms with van der Waals surface area (Å²) in [6.45, 7) is 4.64. The molecule has 0 aliphatic rings. The second-order valence-corrected chi connectivity index (χ2v) is 4.13. The van der Waals surface area contributed by atoms with E-state index in [1.54, 1.807) is 11.3 Å². The van der Waals surface area contributed by atoms with Crippen LogP contribution in [0.2, 0.25) is 0 Å². The summed E-state index contributed by atoms with van der Waals surface area (Å²) in [5.41, 5.74) is 0. The molecule has 0 radical (unpaired) electrons. The van der Waals surface area contributed by atoms with Gasteiger partial charge in [0, 0.05) is 22.8 Å². The van der Waals surface area contributed by atoms with Crippen LogP contribution in [0.4, 0.5) is 0 Å². The van der Waals surface area contributed by atoms with Gasteiger partial charge < -0.3 is 5.11 Å². The maximum absolute atomic E-state index is 8.67. The normalized spacial score (nSPS) is 10.9. The molecule has 11 heavy (non-hydrogen) atoms. The highest BCUT2D eigenvalue weighted by Crippen LogP contribution is 2.24. The Balaban J connectivity index is 2.66. The summed E-state index contributed by atoms with van der Waals surface area (Å²) in [5, 5.41) is 8.67. The van der Waals surface area contributed by atoms with E-state index in [4.69, 9.17) is 5.11 Å². The summed E-state index contributed by atoms with van der Waals surface area (Å²) < 4.78 is 0. The first kappa shape index (κ1) is 8.75. The fourth-order valence-electron chi connectivity index (χ4n) is 0.949. The van der Waals surface area contributed by atoms with Crippen molar-refractivity contribution in [1.82, 2.24) is 0 Å². The molecule has 0 aromatic carbocycles. The van der Waals surface area contributed by atoms with E-state index in [-0.39, 0.29) is 6.61 Å². The predicted octanol–water partition coefficient (Wildman–Crippen LogP) is 2.41. The molecule has 1 aromatic heterocycles. The average Bonchev–Trinajstić information content (AvgIpc) is 2.37. The topological polar surface area (TPSA) is 20.2 Å². The summed E-state index contributed by atoms with van der Waals surface area (Å²) in [4.78, 5) is 2.70. The van der Waals surface area contributed by atoms with Gasteiger partial charge in [0.2, 0.25) is 0 Å². The Morgan fingerprint density at radius 2 is 2.18 bits per heavy atom. The first-order chi connectivity index (χ1) is 5.24. The van der Waals surface area contributed by atoms with E-state index < -0.39 is 0 Å². The summed E-state index contributed by atoms with van der Waals surface area (Å²) in [6, 6.07) is 4.26. The van der Waals surface area contributed by atoms with Gasteiger partial charge in [-0.2, -0.15) is 0 Å². The molecule has 0 spiro atoms. The van der Waals surface area contributed by atoms with Crippen molar-refractivity contribution in [3.05, 3.63) is 21.9 Å². The molecule has 1 rings (SSSR count). The molecular formula is C9H14OS. The number of hydrogen-bond acceptors (Lipinski definition) is 2. The highest BCUT2D eigenvalue weighted by molar-refractivity contribution is 7.12. The lowest BCUT2D eigenvalue weighted by Gasteiger charge is -1.97. The SMILES string of the molecule is CC(C)c1ccc(CCO)s1. The third-order valence-electron chi connectivity index (χ3n) is 1.61. The molecular weight excluding hydrogens is 156 g/mol. The van der Waals surface area contributed by atoms with Gasteiger partial charge in [-0.15, -0.1) is 11.3 Å². The number of rotatable bonds is 3. The molecule has 0 aliphatic heterocycles. The molecule has 2 heteroatoms. The van der Waals surface area contributed by atoms with Crippen molar-refractivity contribution in [2.45, 2.75) is 26.2 Å². The molecule has 0 saturated carbocycles. The molecule has 0 bridgehead atoms. The maximum atomic E-state index is 8.67. The van der Waals surface area contributed by atoms with Crippen molar-refractivity contribution in [1.29, 1.82) is 0 Å². The van der Waals surface area contributed by atoms with Crippen molar-refractivity contribution < 1.29 is 5.11 Å². The highest BCUT2D eigenvalue weighted by Gasteiger charge is 2.02. The van der Waals surface area contributed by atoms with Gasteiger partial charge in [0.15, 0.2) is 0 Å². The van der Waals surface area contributed by atoms with Crippen LogP contribution in [0.1, 0.15) is 29.5 Å². The third kappa shape index (κ3) is 2.31. The Hall–Kier alpha value is -0.340. The lowest BCUT2D eigenvalue weighted by molar-refractivity contribution is 0.300. The van der Waals surface area contributed by atoms with Crippen molar-refractivity contribution in [2.75, 3.05) is 6.61 Å². The smallest absolute Gasteiger partial charge is 0.0479 e. The van der Waals surface area contributed by atoms with Gasteiger partial charge in [0.05, 0.1) is 0 Å². The van der Waals surface area contributed by atoms with Crippen LogP contribution < -0.4 is 0 Å². The second kappa shape index (κ2) is 3.88. The van der Waals surface area contributed by atoms with Crippen LogP contribution in [0.25, 0.3) is 0 Å². The second-order valence-electron chi connectivity index (χ2n) is 2.93. The van der Waals surface area contributed by atoms with E-state index in [0.717, 1.165) is 6.42 Å². The zero-order chi connectivity index (χ0) is 8.27. The van der Waals surface area contributed by atoms with Gasteiger partial charge in [-0.1, -0.05) is 13.8 Å². The largest absolute Gasteiger partial charge is 0.396 e. The lowest BCUT2D eigenvalue weighted by Crippen LogP contribution is -1.84. The molecule has 1 nitrogen and oxygen atoms in total. The Labute approximate surface area is 71.7 Å². The van der Waals surface area contributed by atoms with Crippen LogP contribution in [0, 0.1) is 0 Å². The molecule has 0 atom stereocenters. The van der Waals surface area contributed by atoms with Crippen LogP contribution in [0.3, 0.4) is 0 Å². The minimum atomic E-state index is 0.262. The summed E-state index contributed by atoms with van der Waals surface area (Å²) in [7, 11) is 0. The van der Waals surface area contributed by atoms with Crippen molar-refractivity contribution in [2.24, 2.45) is 0 Å². The van der Waals surface area contributed by atoms with Gasteiger partial charge >= 0.3 is 0 Å². The number of thiophene rings is 1. The van der Waals surface area contributed by atoms with E-state index in [1.807, 2.05) is 0 Å². The van der Waals surface area contributed by atoms with Gasteiger partial charge in [-0.05, 0) is 18.1 Å². The fraction of sp³-hybridized carbons (Fsp3) is 0.556. The van der Waals surface area contributed by atoms with Crippen molar-refractivity contribution in [3.63, 3.8) is 0 Å². The van der Waals surface area contributed by atoms with Crippen LogP contribution >= 0.6 is 11.3 Å². The van der Waals surface area contributed by atoms with Crippen LogP contribution in [0.15, 0.2) is 12.1 Å². The Morgan fingerprint density at radius 1 is 1.45 bits per heavy atom. The van der Waals surface area contributed by atoms with Gasteiger partial charge in [0.25, 0.3) is 0 Å². The lowest BCUT2D eigenvalue weighted by atomic mass is 10.2. The standard InChI is InChI=1S/C9H14OS/c1-7(2)9-4-3-8(11-9)5-6-10/h3-4,7,10H,5-6H2,1-2H3. The zero-order valence-electron chi connectivity index (χ0n) is 7.00. The minimum Gasteiger partial charge on any atom is -0.396 e. The molecule has 1 N–H and O–H groups in total. The Bertz CT molecular complexity index is 215. The van der Waals surface area contributed by atoms with Crippen LogP contribution in [0.5, 0.6) is 0 Å². The molecule has 1 heterocycles. The molecule has 0 unspecified atom stereocenters. The third-order valence-corrected chi connectivity index (χ3v) is 3.06. The van der Waals surface area contributed by atoms with Gasteiger partial charge in [-0.3, -0.25) is 0 Å². The molecule has 0 fully saturated rings. The minimum absolute atomic E-state index is 0.262. The van der Waals surface area contributed by atoms with Crippen molar-refractivity contribution >= 4 is 11.3 Å². The van der Waals surface area contributed by atoms with E-state index in [0.29, 0.717) is 5.92 Å². The first-order valence-corrected chi connectivity index (χ1v) is 4.75. The Kier molecular flexibility index (Phi) is 3.09. The molecule has 0 amide bonds. The quantitative estimate of drug-likeness (QED) is 0.738. The Morgan fingerprint density at radius 3 is 2.64 bits per heavy atom. The first-order valence-electron chi connectivity index (χ1n) is 3.93. The van der Waals surface area contributed by atoms with Crippen LogP contribution in [-0.4, -0.2) is 11.7 Å². The zero-order valence-corrected chi connectivity index (χ0v) is 7.82. The maximum Gasteiger partial charge on any atom is 0.0479 e.